The second kappa shape index (κ2) is 8.29. The number of carbonyl (C=O) groups excluding carboxylic acids is 3. The van der Waals surface area contributed by atoms with Gasteiger partial charge in [-0.2, -0.15) is 0 Å². The molecule has 3 amide bonds. The van der Waals surface area contributed by atoms with E-state index >= 15 is 0 Å². The molecular formula is C20H21N3O3. The van der Waals surface area contributed by atoms with Crippen molar-refractivity contribution in [2.75, 3.05) is 10.6 Å². The van der Waals surface area contributed by atoms with Crippen molar-refractivity contribution in [3.63, 3.8) is 0 Å². The SMILES string of the molecule is O=C(CCC(=O)c1ccccc1)Nc1ccc(NC(=O)NC2CC2)cc1. The molecule has 2 aromatic rings. The normalized spacial score (nSPS) is 12.9. The van der Waals surface area contributed by atoms with Gasteiger partial charge >= 0.3 is 6.03 Å². The lowest BCUT2D eigenvalue weighted by Gasteiger charge is -2.08. The van der Waals surface area contributed by atoms with Gasteiger partial charge in [0.25, 0.3) is 0 Å². The van der Waals surface area contributed by atoms with E-state index < -0.39 is 0 Å². The quantitative estimate of drug-likeness (QED) is 0.666. The van der Waals surface area contributed by atoms with Crippen LogP contribution in [0.4, 0.5) is 16.2 Å². The molecular weight excluding hydrogens is 330 g/mol. The highest BCUT2D eigenvalue weighted by molar-refractivity contribution is 6.00. The van der Waals surface area contributed by atoms with Crippen LogP contribution >= 0.6 is 0 Å². The maximum Gasteiger partial charge on any atom is 0.319 e. The first-order chi connectivity index (χ1) is 12.6. The van der Waals surface area contributed by atoms with Gasteiger partial charge in [-0.15, -0.1) is 0 Å². The first-order valence-electron chi connectivity index (χ1n) is 8.66. The summed E-state index contributed by atoms with van der Waals surface area (Å²) in [5.41, 5.74) is 1.89. The molecule has 0 aliphatic heterocycles. The number of urea groups is 1. The van der Waals surface area contributed by atoms with Crippen molar-refractivity contribution in [2.24, 2.45) is 0 Å². The maximum absolute atomic E-state index is 12.0. The summed E-state index contributed by atoms with van der Waals surface area (Å²) in [5.74, 6) is -0.275. The van der Waals surface area contributed by atoms with Crippen LogP contribution in [-0.4, -0.2) is 23.8 Å². The number of carbonyl (C=O) groups is 3. The molecule has 1 saturated carbocycles. The molecule has 0 bridgehead atoms. The molecule has 134 valence electrons. The van der Waals surface area contributed by atoms with E-state index in [9.17, 15) is 14.4 Å². The van der Waals surface area contributed by atoms with Crippen LogP contribution in [0.15, 0.2) is 54.6 Å². The first-order valence-corrected chi connectivity index (χ1v) is 8.66. The van der Waals surface area contributed by atoms with Crippen molar-refractivity contribution >= 4 is 29.1 Å². The molecule has 1 fully saturated rings. The first kappa shape index (κ1) is 17.7. The van der Waals surface area contributed by atoms with E-state index in [-0.39, 0.29) is 30.6 Å². The third-order valence-corrected chi connectivity index (χ3v) is 4.01. The summed E-state index contributed by atoms with van der Waals surface area (Å²) in [6.45, 7) is 0. The predicted molar refractivity (Wildman–Crippen MR) is 100 cm³/mol. The highest BCUT2D eigenvalue weighted by Gasteiger charge is 2.23. The molecule has 0 unspecified atom stereocenters. The number of rotatable bonds is 7. The summed E-state index contributed by atoms with van der Waals surface area (Å²) < 4.78 is 0. The molecule has 26 heavy (non-hydrogen) atoms. The van der Waals surface area contributed by atoms with Crippen LogP contribution in [0.3, 0.4) is 0 Å². The summed E-state index contributed by atoms with van der Waals surface area (Å²) in [7, 11) is 0. The molecule has 3 N–H and O–H groups in total. The molecule has 6 nitrogen and oxygen atoms in total. The van der Waals surface area contributed by atoms with E-state index in [0.29, 0.717) is 23.0 Å². The lowest BCUT2D eigenvalue weighted by Crippen LogP contribution is -2.30. The van der Waals surface area contributed by atoms with Gasteiger partial charge in [-0.05, 0) is 37.1 Å². The minimum Gasteiger partial charge on any atom is -0.335 e. The van der Waals surface area contributed by atoms with Crippen LogP contribution in [0.2, 0.25) is 0 Å². The number of benzene rings is 2. The zero-order chi connectivity index (χ0) is 18.4. The standard InChI is InChI=1S/C20H21N3O3/c24-18(14-4-2-1-3-5-14)12-13-19(25)21-15-6-8-16(9-7-15)22-20(26)23-17-10-11-17/h1-9,17H,10-13H2,(H,21,25)(H2,22,23,26). The smallest absolute Gasteiger partial charge is 0.319 e. The number of amides is 3. The fourth-order valence-corrected chi connectivity index (χ4v) is 2.44. The second-order valence-corrected chi connectivity index (χ2v) is 6.29. The molecule has 0 heterocycles. The van der Waals surface area contributed by atoms with E-state index in [0.717, 1.165) is 12.8 Å². The number of anilines is 2. The summed E-state index contributed by atoms with van der Waals surface area (Å²) >= 11 is 0. The molecule has 0 aromatic heterocycles. The van der Waals surface area contributed by atoms with Gasteiger partial charge in [0.05, 0.1) is 0 Å². The molecule has 2 aromatic carbocycles. The number of ketones is 1. The molecule has 0 spiro atoms. The van der Waals surface area contributed by atoms with Crippen molar-refractivity contribution < 1.29 is 14.4 Å². The third-order valence-electron chi connectivity index (χ3n) is 4.01. The number of Topliss-reactive ketones (excluding diaryl/α,β-unsaturated/α-hetero) is 1. The average Bonchev–Trinajstić information content (AvgIpc) is 3.46. The van der Waals surface area contributed by atoms with Gasteiger partial charge in [-0.25, -0.2) is 4.79 Å². The second-order valence-electron chi connectivity index (χ2n) is 6.29. The van der Waals surface area contributed by atoms with Gasteiger partial charge < -0.3 is 16.0 Å². The van der Waals surface area contributed by atoms with Crippen LogP contribution < -0.4 is 16.0 Å². The monoisotopic (exact) mass is 351 g/mol. The summed E-state index contributed by atoms with van der Waals surface area (Å²) in [5, 5.41) is 8.33. The molecule has 1 aliphatic carbocycles. The highest BCUT2D eigenvalue weighted by atomic mass is 16.2. The summed E-state index contributed by atoms with van der Waals surface area (Å²) in [6.07, 6.45) is 2.35. The minimum absolute atomic E-state index is 0.0537. The van der Waals surface area contributed by atoms with Crippen LogP contribution in [-0.2, 0) is 4.79 Å². The predicted octanol–water partition coefficient (Wildman–Crippen LogP) is 3.57. The maximum atomic E-state index is 12.0. The number of hydrogen-bond donors (Lipinski definition) is 3. The van der Waals surface area contributed by atoms with Gasteiger partial charge in [-0.3, -0.25) is 9.59 Å². The van der Waals surface area contributed by atoms with E-state index in [4.69, 9.17) is 0 Å². The molecule has 1 aliphatic rings. The van der Waals surface area contributed by atoms with Crippen LogP contribution in [0, 0.1) is 0 Å². The third kappa shape index (κ3) is 5.44. The lowest BCUT2D eigenvalue weighted by molar-refractivity contribution is -0.116. The Morgan fingerprint density at radius 3 is 2.04 bits per heavy atom. The van der Waals surface area contributed by atoms with Gasteiger partial charge in [0, 0.05) is 35.8 Å². The van der Waals surface area contributed by atoms with Crippen molar-refractivity contribution in [3.05, 3.63) is 60.2 Å². The Bertz CT molecular complexity index is 784. The lowest BCUT2D eigenvalue weighted by atomic mass is 10.1. The van der Waals surface area contributed by atoms with Gasteiger partial charge in [0.1, 0.15) is 0 Å². The van der Waals surface area contributed by atoms with Crippen molar-refractivity contribution in [1.29, 1.82) is 0 Å². The molecule has 3 rings (SSSR count). The molecule has 0 atom stereocenters. The van der Waals surface area contributed by atoms with E-state index in [1.54, 1.807) is 48.5 Å². The molecule has 0 saturated heterocycles. The summed E-state index contributed by atoms with van der Waals surface area (Å²) in [6, 6.07) is 15.9. The Labute approximate surface area is 152 Å². The Kier molecular flexibility index (Phi) is 5.63. The van der Waals surface area contributed by atoms with E-state index in [1.165, 1.54) is 0 Å². The van der Waals surface area contributed by atoms with Crippen LogP contribution in [0.5, 0.6) is 0 Å². The minimum atomic E-state index is -0.221. The zero-order valence-electron chi connectivity index (χ0n) is 14.3. The van der Waals surface area contributed by atoms with E-state index in [2.05, 4.69) is 16.0 Å². The topological polar surface area (TPSA) is 87.3 Å². The fourth-order valence-electron chi connectivity index (χ4n) is 2.44. The van der Waals surface area contributed by atoms with Gasteiger partial charge in [0.2, 0.25) is 5.91 Å². The Balaban J connectivity index is 1.43. The Morgan fingerprint density at radius 2 is 1.42 bits per heavy atom. The van der Waals surface area contributed by atoms with Gasteiger partial charge in [0.15, 0.2) is 5.78 Å². The highest BCUT2D eigenvalue weighted by Crippen LogP contribution is 2.19. The van der Waals surface area contributed by atoms with Crippen molar-refractivity contribution in [3.8, 4) is 0 Å². The zero-order valence-corrected chi connectivity index (χ0v) is 14.3. The number of hydrogen-bond acceptors (Lipinski definition) is 3. The summed E-state index contributed by atoms with van der Waals surface area (Å²) in [4.78, 5) is 35.7. The fraction of sp³-hybridized carbons (Fsp3) is 0.250. The van der Waals surface area contributed by atoms with Crippen LogP contribution in [0.1, 0.15) is 36.0 Å². The van der Waals surface area contributed by atoms with E-state index in [1.807, 2.05) is 6.07 Å². The molecule has 0 radical (unpaired) electrons. The van der Waals surface area contributed by atoms with Crippen LogP contribution in [0.25, 0.3) is 0 Å². The van der Waals surface area contributed by atoms with Crippen molar-refractivity contribution in [1.82, 2.24) is 5.32 Å². The number of nitrogens with one attached hydrogen (secondary N) is 3. The average molecular weight is 351 g/mol. The van der Waals surface area contributed by atoms with Crippen molar-refractivity contribution in [2.45, 2.75) is 31.7 Å². The Morgan fingerprint density at radius 1 is 0.808 bits per heavy atom. The largest absolute Gasteiger partial charge is 0.335 e. The van der Waals surface area contributed by atoms with Gasteiger partial charge in [-0.1, -0.05) is 30.3 Å². The Hall–Kier alpha value is -3.15. The molecule has 6 heteroatoms.